The molecule has 0 fully saturated rings. The average molecular weight is 256 g/mol. The Balaban J connectivity index is 2.70. The predicted molar refractivity (Wildman–Crippen MR) is 67.1 cm³/mol. The molecule has 0 atom stereocenters. The predicted octanol–water partition coefficient (Wildman–Crippen LogP) is -0.371. The Bertz CT molecular complexity index is 494. The second kappa shape index (κ2) is 5.65. The van der Waals surface area contributed by atoms with Crippen LogP contribution in [-0.4, -0.2) is 27.7 Å². The fourth-order valence-electron chi connectivity index (χ4n) is 1.23. The largest absolute Gasteiger partial charge is 0.351 e. The summed E-state index contributed by atoms with van der Waals surface area (Å²) in [4.78, 5) is 4.16. The van der Waals surface area contributed by atoms with Crippen molar-refractivity contribution in [3.8, 4) is 0 Å². The first-order valence-corrected chi connectivity index (χ1v) is 6.83. The van der Waals surface area contributed by atoms with E-state index in [1.807, 2.05) is 0 Å². The van der Waals surface area contributed by atoms with Gasteiger partial charge in [-0.05, 0) is 17.7 Å². The van der Waals surface area contributed by atoms with Gasteiger partial charge in [-0.15, -0.1) is 0 Å². The molecule has 17 heavy (non-hydrogen) atoms. The zero-order chi connectivity index (χ0) is 12.9. The van der Waals surface area contributed by atoms with Gasteiger partial charge in [0.1, 0.15) is 0 Å². The summed E-state index contributed by atoms with van der Waals surface area (Å²) in [5.41, 5.74) is 3.34. The average Bonchev–Trinajstić information content (AvgIpc) is 2.30. The highest BCUT2D eigenvalue weighted by Gasteiger charge is 2.05. The van der Waals surface area contributed by atoms with Crippen LogP contribution >= 0.6 is 0 Å². The third kappa shape index (κ3) is 4.04. The Morgan fingerprint density at radius 1 is 1.35 bits per heavy atom. The topological polar surface area (TPSA) is 96.6 Å². The number of hydrazine groups is 1. The molecule has 0 saturated carbocycles. The number of hydrogen-bond acceptors (Lipinski definition) is 4. The van der Waals surface area contributed by atoms with Gasteiger partial charge in [-0.25, -0.2) is 14.3 Å². The molecule has 0 aliphatic heterocycles. The highest BCUT2D eigenvalue weighted by molar-refractivity contribution is 7.90. The summed E-state index contributed by atoms with van der Waals surface area (Å²) in [6.45, 7) is 0.515. The highest BCUT2D eigenvalue weighted by atomic mass is 32.2. The minimum atomic E-state index is -3.14. The van der Waals surface area contributed by atoms with Gasteiger partial charge in [0, 0.05) is 19.8 Å². The maximum atomic E-state index is 11.2. The summed E-state index contributed by atoms with van der Waals surface area (Å²) in [6.07, 6.45) is 1.18. The molecule has 0 heterocycles. The Morgan fingerprint density at radius 3 is 2.35 bits per heavy atom. The third-order valence-electron chi connectivity index (χ3n) is 2.17. The lowest BCUT2D eigenvalue weighted by Gasteiger charge is -2.08. The number of sulfone groups is 1. The Morgan fingerprint density at radius 2 is 1.94 bits per heavy atom. The SMILES string of the molecule is CN=C(NN)NCc1ccc(S(C)(=O)=O)cc1. The lowest BCUT2D eigenvalue weighted by molar-refractivity contribution is 0.602. The minimum Gasteiger partial charge on any atom is -0.351 e. The molecule has 0 spiro atoms. The van der Waals surface area contributed by atoms with Crippen LogP contribution in [0.25, 0.3) is 0 Å². The molecule has 1 aromatic carbocycles. The normalized spacial score (nSPS) is 12.3. The number of rotatable bonds is 3. The van der Waals surface area contributed by atoms with Crippen LogP contribution in [0, 0.1) is 0 Å². The molecule has 0 aliphatic carbocycles. The number of aliphatic imine (C=N–C) groups is 1. The van der Waals surface area contributed by atoms with E-state index in [-0.39, 0.29) is 0 Å². The van der Waals surface area contributed by atoms with E-state index in [4.69, 9.17) is 5.84 Å². The molecule has 1 aromatic rings. The maximum Gasteiger partial charge on any atom is 0.205 e. The van der Waals surface area contributed by atoms with Crippen LogP contribution in [0.1, 0.15) is 5.56 Å². The van der Waals surface area contributed by atoms with E-state index in [9.17, 15) is 8.42 Å². The van der Waals surface area contributed by atoms with E-state index in [2.05, 4.69) is 15.7 Å². The number of nitrogens with zero attached hydrogens (tertiary/aromatic N) is 1. The monoisotopic (exact) mass is 256 g/mol. The first-order chi connectivity index (χ1) is 7.97. The molecule has 0 bridgehead atoms. The van der Waals surface area contributed by atoms with Gasteiger partial charge in [0.15, 0.2) is 9.84 Å². The molecule has 94 valence electrons. The van der Waals surface area contributed by atoms with Crippen LogP contribution in [0.15, 0.2) is 34.2 Å². The first-order valence-electron chi connectivity index (χ1n) is 4.93. The first kappa shape index (κ1) is 13.5. The number of benzene rings is 1. The molecule has 6 nitrogen and oxygen atoms in total. The van der Waals surface area contributed by atoms with Crippen molar-refractivity contribution in [2.45, 2.75) is 11.4 Å². The lowest BCUT2D eigenvalue weighted by atomic mass is 10.2. The van der Waals surface area contributed by atoms with Crippen molar-refractivity contribution in [2.24, 2.45) is 10.8 Å². The van der Waals surface area contributed by atoms with E-state index in [1.54, 1.807) is 31.3 Å². The Hall–Kier alpha value is -1.60. The fourth-order valence-corrected chi connectivity index (χ4v) is 1.87. The molecule has 0 aliphatic rings. The second-order valence-electron chi connectivity index (χ2n) is 3.49. The van der Waals surface area contributed by atoms with Crippen LogP contribution in [0.2, 0.25) is 0 Å². The van der Waals surface area contributed by atoms with Crippen LogP contribution in [-0.2, 0) is 16.4 Å². The summed E-state index contributed by atoms with van der Waals surface area (Å²) in [5, 5.41) is 2.96. The molecule has 0 unspecified atom stereocenters. The molecule has 0 radical (unpaired) electrons. The molecular weight excluding hydrogens is 240 g/mol. The standard InChI is InChI=1S/C10H16N4O2S/c1-12-10(14-11)13-7-8-3-5-9(6-4-8)17(2,15)16/h3-6H,7,11H2,1-2H3,(H2,12,13,14). The number of guanidine groups is 1. The molecule has 0 aromatic heterocycles. The number of hydrogen-bond donors (Lipinski definition) is 3. The van der Waals surface area contributed by atoms with Crippen molar-refractivity contribution in [3.05, 3.63) is 29.8 Å². The lowest BCUT2D eigenvalue weighted by Crippen LogP contribution is -2.40. The van der Waals surface area contributed by atoms with Crippen molar-refractivity contribution in [1.29, 1.82) is 0 Å². The van der Waals surface area contributed by atoms with Gasteiger partial charge in [0.05, 0.1) is 4.90 Å². The highest BCUT2D eigenvalue weighted by Crippen LogP contribution is 2.09. The van der Waals surface area contributed by atoms with Gasteiger partial charge < -0.3 is 5.32 Å². The molecule has 1 rings (SSSR count). The van der Waals surface area contributed by atoms with Crippen LogP contribution in [0.5, 0.6) is 0 Å². The van der Waals surface area contributed by atoms with Gasteiger partial charge in [-0.1, -0.05) is 12.1 Å². The molecule has 4 N–H and O–H groups in total. The van der Waals surface area contributed by atoms with E-state index in [1.165, 1.54) is 6.26 Å². The van der Waals surface area contributed by atoms with E-state index < -0.39 is 9.84 Å². The molecule has 7 heteroatoms. The van der Waals surface area contributed by atoms with Crippen molar-refractivity contribution >= 4 is 15.8 Å². The van der Waals surface area contributed by atoms with Gasteiger partial charge in [-0.2, -0.15) is 0 Å². The number of nitrogens with two attached hydrogens (primary N) is 1. The third-order valence-corrected chi connectivity index (χ3v) is 3.30. The van der Waals surface area contributed by atoms with Crippen LogP contribution in [0.4, 0.5) is 0 Å². The second-order valence-corrected chi connectivity index (χ2v) is 5.50. The van der Waals surface area contributed by atoms with E-state index in [0.29, 0.717) is 17.4 Å². The summed E-state index contributed by atoms with van der Waals surface area (Å²) in [5.74, 6) is 5.68. The smallest absolute Gasteiger partial charge is 0.205 e. The fraction of sp³-hybridized carbons (Fsp3) is 0.300. The quantitative estimate of drug-likeness (QED) is 0.297. The van der Waals surface area contributed by atoms with Crippen molar-refractivity contribution in [2.75, 3.05) is 13.3 Å². The van der Waals surface area contributed by atoms with Crippen LogP contribution < -0.4 is 16.6 Å². The molecular formula is C10H16N4O2S. The maximum absolute atomic E-state index is 11.2. The zero-order valence-corrected chi connectivity index (χ0v) is 10.6. The van der Waals surface area contributed by atoms with Crippen LogP contribution in [0.3, 0.4) is 0 Å². The number of nitrogens with one attached hydrogen (secondary N) is 2. The summed E-state index contributed by atoms with van der Waals surface area (Å²) in [7, 11) is -1.53. The van der Waals surface area contributed by atoms with E-state index in [0.717, 1.165) is 5.56 Å². The van der Waals surface area contributed by atoms with Gasteiger partial charge >= 0.3 is 0 Å². The summed E-state index contributed by atoms with van der Waals surface area (Å²) >= 11 is 0. The molecule has 0 saturated heterocycles. The molecule has 0 amide bonds. The van der Waals surface area contributed by atoms with E-state index >= 15 is 0 Å². The minimum absolute atomic E-state index is 0.308. The van der Waals surface area contributed by atoms with Gasteiger partial charge in [0.25, 0.3) is 0 Å². The van der Waals surface area contributed by atoms with Gasteiger partial charge in [0.2, 0.25) is 5.96 Å². The van der Waals surface area contributed by atoms with Crippen molar-refractivity contribution < 1.29 is 8.42 Å². The Kier molecular flexibility index (Phi) is 4.47. The van der Waals surface area contributed by atoms with Crippen molar-refractivity contribution in [1.82, 2.24) is 10.7 Å². The zero-order valence-electron chi connectivity index (χ0n) is 9.77. The summed E-state index contributed by atoms with van der Waals surface area (Å²) < 4.78 is 22.5. The summed E-state index contributed by atoms with van der Waals surface area (Å²) in [6, 6.07) is 6.64. The van der Waals surface area contributed by atoms with Gasteiger partial charge in [-0.3, -0.25) is 10.4 Å². The Labute approximate surface area is 101 Å². The van der Waals surface area contributed by atoms with Crippen molar-refractivity contribution in [3.63, 3.8) is 0 Å².